The number of halogens is 2. The molecule has 0 radical (unpaired) electrons. The largest absolute Gasteiger partial charge is 0.527 e. The minimum atomic E-state index is -4.70. The van der Waals surface area contributed by atoms with E-state index < -0.39 is 45.2 Å². The van der Waals surface area contributed by atoms with Gasteiger partial charge in [-0.3, -0.25) is 18.8 Å². The van der Waals surface area contributed by atoms with Gasteiger partial charge in [-0.15, -0.1) is 0 Å². The van der Waals surface area contributed by atoms with Gasteiger partial charge in [-0.1, -0.05) is 12.1 Å². The molecule has 4 N–H and O–H groups in total. The molecular weight excluding hydrogens is 574 g/mol. The van der Waals surface area contributed by atoms with Crippen LogP contribution in [0.15, 0.2) is 61.2 Å². The number of anilines is 1. The van der Waals surface area contributed by atoms with Crippen LogP contribution >= 0.6 is 15.6 Å². The molecule has 1 aliphatic rings. The minimum Gasteiger partial charge on any atom is -0.404 e. The topological polar surface area (TPSA) is 181 Å². The minimum absolute atomic E-state index is 0.162. The molecule has 212 valence electrons. The summed E-state index contributed by atoms with van der Waals surface area (Å²) in [5.74, 6) is -2.62. The molecule has 17 heteroatoms. The van der Waals surface area contributed by atoms with Crippen LogP contribution in [0.5, 0.6) is 11.5 Å². The van der Waals surface area contributed by atoms with Crippen LogP contribution in [-0.2, 0) is 18.2 Å². The van der Waals surface area contributed by atoms with Gasteiger partial charge in [0.15, 0.2) is 11.5 Å². The maximum absolute atomic E-state index is 13.5. The Hall–Kier alpha value is -3.45. The van der Waals surface area contributed by atoms with Gasteiger partial charge in [0.1, 0.15) is 35.0 Å². The quantitative estimate of drug-likeness (QED) is 0.209. The van der Waals surface area contributed by atoms with Crippen molar-refractivity contribution in [3.05, 3.63) is 72.8 Å². The van der Waals surface area contributed by atoms with Crippen LogP contribution in [0.3, 0.4) is 0 Å². The van der Waals surface area contributed by atoms with Crippen molar-refractivity contribution in [1.29, 1.82) is 0 Å². The first kappa shape index (κ1) is 28.1. The third-order valence-corrected chi connectivity index (χ3v) is 8.14. The van der Waals surface area contributed by atoms with Crippen LogP contribution < -0.4 is 14.8 Å². The smallest absolute Gasteiger partial charge is 0.404 e. The molecule has 0 saturated heterocycles. The van der Waals surface area contributed by atoms with Crippen LogP contribution in [0.2, 0.25) is 0 Å². The number of nitrogens with two attached hydrogens (primary N) is 1. The zero-order valence-corrected chi connectivity index (χ0v) is 22.3. The standard InChI is InChI=1S/C23H23F2N5O8P2/c24-15-3-1-5-17(8-15)37-39(31,32)35-10-14-7-20(30-13-29-21-22(26)27-12-28-23(21)30)19(14)11-36-40(33,34)38-18-6-2-4-16(25)9-18/h1-6,8-9,12-14,19-20H,7,10-11H2,(H,31,32)(H,33,34)(H2,26,27,28)/t14-,19+,20-/m1/s1. The Labute approximate surface area is 225 Å². The van der Waals surface area contributed by atoms with Gasteiger partial charge in [0, 0.05) is 24.1 Å². The van der Waals surface area contributed by atoms with Gasteiger partial charge in [0.05, 0.1) is 19.5 Å². The summed E-state index contributed by atoms with van der Waals surface area (Å²) < 4.78 is 74.0. The van der Waals surface area contributed by atoms with E-state index in [1.165, 1.54) is 36.9 Å². The second-order valence-corrected chi connectivity index (χ2v) is 11.7. The molecular formula is C23H23F2N5O8P2. The average Bonchev–Trinajstić information content (AvgIpc) is 3.27. The second-order valence-electron chi connectivity index (χ2n) is 8.94. The summed E-state index contributed by atoms with van der Waals surface area (Å²) in [6.07, 6.45) is 3.11. The summed E-state index contributed by atoms with van der Waals surface area (Å²) >= 11 is 0. The molecule has 1 aliphatic carbocycles. The Kier molecular flexibility index (Phi) is 7.87. The Morgan fingerprint density at radius 2 is 1.52 bits per heavy atom. The normalized spacial score (nSPS) is 21.8. The predicted molar refractivity (Wildman–Crippen MR) is 136 cm³/mol. The average molecular weight is 597 g/mol. The van der Waals surface area contributed by atoms with E-state index in [-0.39, 0.29) is 30.5 Å². The fourth-order valence-corrected chi connectivity index (χ4v) is 5.99. The monoisotopic (exact) mass is 597 g/mol. The van der Waals surface area contributed by atoms with Gasteiger partial charge < -0.3 is 19.3 Å². The summed E-state index contributed by atoms with van der Waals surface area (Å²) in [4.78, 5) is 32.8. The van der Waals surface area contributed by atoms with Gasteiger partial charge in [0.2, 0.25) is 0 Å². The first-order valence-corrected chi connectivity index (χ1v) is 14.8. The van der Waals surface area contributed by atoms with Crippen molar-refractivity contribution in [3.63, 3.8) is 0 Å². The Bertz CT molecular complexity index is 1630. The zero-order chi connectivity index (χ0) is 28.5. The third-order valence-electron chi connectivity index (χ3n) is 6.30. The predicted octanol–water partition coefficient (Wildman–Crippen LogP) is 4.26. The number of phosphoric acid groups is 2. The summed E-state index contributed by atoms with van der Waals surface area (Å²) in [5, 5.41) is 0. The van der Waals surface area contributed by atoms with Crippen LogP contribution in [0.25, 0.3) is 11.2 Å². The molecule has 0 bridgehead atoms. The molecule has 40 heavy (non-hydrogen) atoms. The molecule has 5 rings (SSSR count). The first-order valence-electron chi connectivity index (χ1n) is 11.8. The molecule has 13 nitrogen and oxygen atoms in total. The van der Waals surface area contributed by atoms with E-state index in [4.69, 9.17) is 23.8 Å². The first-order chi connectivity index (χ1) is 19.0. The molecule has 0 spiro atoms. The number of fused-ring (bicyclic) bond motifs is 1. The lowest BCUT2D eigenvalue weighted by Crippen LogP contribution is -2.43. The number of hydrogen-bond donors (Lipinski definition) is 3. The highest BCUT2D eigenvalue weighted by Crippen LogP contribution is 2.52. The van der Waals surface area contributed by atoms with Crippen LogP contribution in [0.1, 0.15) is 12.5 Å². The highest BCUT2D eigenvalue weighted by atomic mass is 31.2. The number of nitrogens with zero attached hydrogens (tertiary/aromatic N) is 4. The van der Waals surface area contributed by atoms with Crippen LogP contribution in [-0.4, -0.2) is 42.5 Å². The number of hydrogen-bond acceptors (Lipinski definition) is 10. The molecule has 1 fully saturated rings. The van der Waals surface area contributed by atoms with Gasteiger partial charge >= 0.3 is 15.6 Å². The number of rotatable bonds is 11. The van der Waals surface area contributed by atoms with Crippen LogP contribution in [0.4, 0.5) is 14.6 Å². The molecule has 0 aliphatic heterocycles. The Morgan fingerprint density at radius 1 is 0.925 bits per heavy atom. The Balaban J connectivity index is 1.31. The number of phosphoric ester groups is 2. The molecule has 2 unspecified atom stereocenters. The lowest BCUT2D eigenvalue weighted by molar-refractivity contribution is -0.00445. The van der Waals surface area contributed by atoms with Crippen molar-refractivity contribution in [2.75, 3.05) is 18.9 Å². The highest BCUT2D eigenvalue weighted by Gasteiger charge is 2.45. The summed E-state index contributed by atoms with van der Waals surface area (Å²) in [6.45, 7) is -0.666. The summed E-state index contributed by atoms with van der Waals surface area (Å²) in [5.41, 5.74) is 6.64. The van der Waals surface area contributed by atoms with E-state index in [9.17, 15) is 27.7 Å². The number of nitrogen functional groups attached to an aromatic ring is 1. The van der Waals surface area contributed by atoms with Crippen molar-refractivity contribution in [1.82, 2.24) is 19.5 Å². The Morgan fingerprint density at radius 3 is 2.12 bits per heavy atom. The summed E-state index contributed by atoms with van der Waals surface area (Å²) in [6, 6.07) is 8.93. The number of benzene rings is 2. The molecule has 2 aromatic carbocycles. The van der Waals surface area contributed by atoms with E-state index in [2.05, 4.69) is 15.0 Å². The summed E-state index contributed by atoms with van der Waals surface area (Å²) in [7, 11) is -9.35. The lowest BCUT2D eigenvalue weighted by atomic mass is 9.70. The maximum atomic E-state index is 13.5. The highest BCUT2D eigenvalue weighted by molar-refractivity contribution is 7.48. The van der Waals surface area contributed by atoms with Crippen molar-refractivity contribution in [2.24, 2.45) is 11.8 Å². The van der Waals surface area contributed by atoms with E-state index >= 15 is 0 Å². The van der Waals surface area contributed by atoms with Gasteiger partial charge in [-0.05, 0) is 36.6 Å². The van der Waals surface area contributed by atoms with E-state index in [0.29, 0.717) is 17.6 Å². The molecule has 4 aromatic rings. The maximum Gasteiger partial charge on any atom is 0.527 e. The van der Waals surface area contributed by atoms with Crippen molar-refractivity contribution < 1.29 is 45.8 Å². The lowest BCUT2D eigenvalue weighted by Gasteiger charge is -2.45. The van der Waals surface area contributed by atoms with E-state index in [1.54, 1.807) is 4.57 Å². The fourth-order valence-electron chi connectivity index (χ4n) is 4.39. The zero-order valence-electron chi connectivity index (χ0n) is 20.5. The molecule has 5 atom stereocenters. The second kappa shape index (κ2) is 11.2. The van der Waals surface area contributed by atoms with Gasteiger partial charge in [0.25, 0.3) is 0 Å². The number of aromatic nitrogens is 4. The van der Waals surface area contributed by atoms with Crippen molar-refractivity contribution in [2.45, 2.75) is 12.5 Å². The molecule has 2 aromatic heterocycles. The molecule has 0 amide bonds. The molecule has 1 saturated carbocycles. The van der Waals surface area contributed by atoms with Crippen molar-refractivity contribution >= 4 is 32.6 Å². The van der Waals surface area contributed by atoms with Gasteiger partial charge in [-0.25, -0.2) is 32.9 Å². The number of imidazole rings is 1. The third kappa shape index (κ3) is 6.47. The molecule has 2 heterocycles. The SMILES string of the molecule is Nc1ncnc2c1ncn2[C@@H]1C[C@H](COP(=O)(O)Oc2cccc(F)c2)[C@@H]1COP(=O)(O)Oc1cccc(F)c1. The fraction of sp³-hybridized carbons (Fsp3) is 0.261. The van der Waals surface area contributed by atoms with E-state index in [1.807, 2.05) is 0 Å². The van der Waals surface area contributed by atoms with E-state index in [0.717, 1.165) is 24.3 Å². The van der Waals surface area contributed by atoms with Gasteiger partial charge in [-0.2, -0.15) is 0 Å². The van der Waals surface area contributed by atoms with Crippen molar-refractivity contribution in [3.8, 4) is 11.5 Å². The van der Waals surface area contributed by atoms with Crippen LogP contribution in [0, 0.1) is 23.5 Å².